The molecule has 1 aliphatic carbocycles. The number of nitrogens with one attached hydrogen (secondary N) is 1. The predicted molar refractivity (Wildman–Crippen MR) is 107 cm³/mol. The first kappa shape index (κ1) is 20.2. The molecule has 27 heavy (non-hydrogen) atoms. The van der Waals surface area contributed by atoms with E-state index in [9.17, 15) is 4.79 Å². The summed E-state index contributed by atoms with van der Waals surface area (Å²) >= 11 is 0. The molecule has 0 amide bonds. The summed E-state index contributed by atoms with van der Waals surface area (Å²) in [7, 11) is 4.44. The second-order valence-corrected chi connectivity index (χ2v) is 8.54. The maximum absolute atomic E-state index is 11.1. The van der Waals surface area contributed by atoms with Crippen molar-refractivity contribution in [1.82, 2.24) is 10.2 Å². The fourth-order valence-corrected chi connectivity index (χ4v) is 4.79. The number of carbonyl (C=O) groups is 1. The Hall–Kier alpha value is -1.59. The van der Waals surface area contributed by atoms with Crippen molar-refractivity contribution < 1.29 is 14.6 Å². The van der Waals surface area contributed by atoms with Crippen LogP contribution in [0.1, 0.15) is 51.0 Å². The highest BCUT2D eigenvalue weighted by molar-refractivity contribution is 5.73. The van der Waals surface area contributed by atoms with Crippen LogP contribution in [-0.4, -0.2) is 54.3 Å². The van der Waals surface area contributed by atoms with Gasteiger partial charge in [0.05, 0.1) is 0 Å². The minimum atomic E-state index is -0.798. The lowest BCUT2D eigenvalue weighted by atomic mass is 9.73. The highest BCUT2D eigenvalue weighted by Crippen LogP contribution is 2.39. The van der Waals surface area contributed by atoms with Gasteiger partial charge in [0.1, 0.15) is 17.9 Å². The molecule has 150 valence electrons. The Morgan fingerprint density at radius 3 is 2.67 bits per heavy atom. The summed E-state index contributed by atoms with van der Waals surface area (Å²) < 4.78 is 6.03. The van der Waals surface area contributed by atoms with E-state index in [1.54, 1.807) is 0 Å². The van der Waals surface area contributed by atoms with Crippen molar-refractivity contribution in [2.45, 2.75) is 69.6 Å². The van der Waals surface area contributed by atoms with E-state index in [2.05, 4.69) is 49.4 Å². The van der Waals surface area contributed by atoms with Crippen molar-refractivity contribution in [3.05, 3.63) is 29.8 Å². The molecule has 0 radical (unpaired) electrons. The van der Waals surface area contributed by atoms with Gasteiger partial charge in [-0.15, -0.1) is 0 Å². The standard InChI is InChI=1S/C22H34N2O3/c1-4-22(24(2)3)10-8-16(9-11-22)12-17-6-5-7-18(13-17)27-19-14-20(21(25)26)23-15-19/h5-7,13,16,19-20,23H,4,8-12,14-15H2,1-3H3,(H,25,26)/t16?,19-,20-,22?/m0/s1. The molecule has 1 heterocycles. The Morgan fingerprint density at radius 2 is 2.07 bits per heavy atom. The van der Waals surface area contributed by atoms with Crippen LogP contribution in [0.2, 0.25) is 0 Å². The monoisotopic (exact) mass is 374 g/mol. The second-order valence-electron chi connectivity index (χ2n) is 8.54. The Kier molecular flexibility index (Phi) is 6.43. The molecule has 5 heteroatoms. The van der Waals surface area contributed by atoms with E-state index in [0.717, 1.165) is 18.1 Å². The quantitative estimate of drug-likeness (QED) is 0.767. The third-order valence-electron chi connectivity index (χ3n) is 6.76. The summed E-state index contributed by atoms with van der Waals surface area (Å²) in [5.74, 6) is 0.801. The molecular formula is C22H34N2O3. The number of nitrogens with zero attached hydrogens (tertiary/aromatic N) is 1. The molecule has 2 atom stereocenters. The lowest BCUT2D eigenvalue weighted by Gasteiger charge is -2.44. The second kappa shape index (κ2) is 8.61. The van der Waals surface area contributed by atoms with Gasteiger partial charge < -0.3 is 20.1 Å². The first-order valence-corrected chi connectivity index (χ1v) is 10.3. The maximum Gasteiger partial charge on any atom is 0.320 e. The molecule has 1 aromatic carbocycles. The molecule has 1 saturated carbocycles. The van der Waals surface area contributed by atoms with Crippen molar-refractivity contribution in [3.8, 4) is 5.75 Å². The van der Waals surface area contributed by atoms with Crippen molar-refractivity contribution >= 4 is 5.97 Å². The van der Waals surface area contributed by atoms with Gasteiger partial charge in [-0.25, -0.2) is 0 Å². The van der Waals surface area contributed by atoms with E-state index in [1.807, 2.05) is 6.07 Å². The molecule has 2 fully saturated rings. The Labute approximate surface area is 163 Å². The van der Waals surface area contributed by atoms with E-state index in [0.29, 0.717) is 18.5 Å². The van der Waals surface area contributed by atoms with Crippen molar-refractivity contribution in [2.75, 3.05) is 20.6 Å². The zero-order valence-corrected chi connectivity index (χ0v) is 16.9. The zero-order chi connectivity index (χ0) is 19.4. The molecule has 1 aromatic rings. The lowest BCUT2D eigenvalue weighted by molar-refractivity contribution is -0.139. The minimum absolute atomic E-state index is 0.0682. The summed E-state index contributed by atoms with van der Waals surface area (Å²) in [6.45, 7) is 2.90. The van der Waals surface area contributed by atoms with Crippen LogP contribution >= 0.6 is 0 Å². The normalized spacial score (nSPS) is 31.2. The van der Waals surface area contributed by atoms with Crippen LogP contribution in [0, 0.1) is 5.92 Å². The number of hydrogen-bond acceptors (Lipinski definition) is 4. The van der Waals surface area contributed by atoms with Crippen LogP contribution in [-0.2, 0) is 11.2 Å². The number of benzene rings is 1. The molecule has 2 aliphatic rings. The van der Waals surface area contributed by atoms with Crippen LogP contribution in [0.5, 0.6) is 5.75 Å². The summed E-state index contributed by atoms with van der Waals surface area (Å²) in [5.41, 5.74) is 1.71. The van der Waals surface area contributed by atoms with Crippen LogP contribution in [0.4, 0.5) is 0 Å². The molecule has 1 saturated heterocycles. The van der Waals surface area contributed by atoms with Gasteiger partial charge in [-0.3, -0.25) is 4.79 Å². The average Bonchev–Trinajstić information content (AvgIpc) is 3.11. The van der Waals surface area contributed by atoms with E-state index in [-0.39, 0.29) is 6.10 Å². The summed E-state index contributed by atoms with van der Waals surface area (Å²) in [6.07, 6.45) is 7.90. The van der Waals surface area contributed by atoms with E-state index >= 15 is 0 Å². The highest BCUT2D eigenvalue weighted by Gasteiger charge is 2.35. The zero-order valence-electron chi connectivity index (χ0n) is 16.9. The Morgan fingerprint density at radius 1 is 1.33 bits per heavy atom. The van der Waals surface area contributed by atoms with Gasteiger partial charge in [0, 0.05) is 18.5 Å². The number of aliphatic carboxylic acids is 1. The third kappa shape index (κ3) is 4.82. The van der Waals surface area contributed by atoms with Crippen LogP contribution in [0.15, 0.2) is 24.3 Å². The average molecular weight is 375 g/mol. The van der Waals surface area contributed by atoms with E-state index in [4.69, 9.17) is 9.84 Å². The summed E-state index contributed by atoms with van der Waals surface area (Å²) in [4.78, 5) is 13.5. The van der Waals surface area contributed by atoms with Gasteiger partial charge in [0.25, 0.3) is 0 Å². The molecule has 5 nitrogen and oxygen atoms in total. The Bertz CT molecular complexity index is 638. The molecule has 0 unspecified atom stereocenters. The number of hydrogen-bond donors (Lipinski definition) is 2. The van der Waals surface area contributed by atoms with Gasteiger partial charge in [0.2, 0.25) is 0 Å². The maximum atomic E-state index is 11.1. The van der Waals surface area contributed by atoms with Gasteiger partial charge in [-0.1, -0.05) is 19.1 Å². The first-order chi connectivity index (χ1) is 12.9. The fraction of sp³-hybridized carbons (Fsp3) is 0.682. The number of rotatable bonds is 7. The summed E-state index contributed by atoms with van der Waals surface area (Å²) in [5, 5.41) is 12.1. The summed E-state index contributed by atoms with van der Waals surface area (Å²) in [6, 6.07) is 7.87. The molecule has 0 spiro atoms. The van der Waals surface area contributed by atoms with E-state index in [1.165, 1.54) is 37.7 Å². The SMILES string of the molecule is CCC1(N(C)C)CCC(Cc2cccc(O[C@@H]3CN[C@H](C(=O)O)C3)c2)CC1. The molecule has 0 bridgehead atoms. The minimum Gasteiger partial charge on any atom is -0.489 e. The van der Waals surface area contributed by atoms with Crippen molar-refractivity contribution in [3.63, 3.8) is 0 Å². The Balaban J connectivity index is 1.54. The largest absolute Gasteiger partial charge is 0.489 e. The molecule has 2 N–H and O–H groups in total. The van der Waals surface area contributed by atoms with Crippen LogP contribution < -0.4 is 10.1 Å². The predicted octanol–water partition coefficient (Wildman–Crippen LogP) is 3.32. The van der Waals surface area contributed by atoms with Gasteiger partial charge in [-0.2, -0.15) is 0 Å². The molecule has 3 rings (SSSR count). The van der Waals surface area contributed by atoms with Crippen LogP contribution in [0.25, 0.3) is 0 Å². The molecule has 1 aliphatic heterocycles. The number of ether oxygens (including phenoxy) is 1. The fourth-order valence-electron chi connectivity index (χ4n) is 4.79. The van der Waals surface area contributed by atoms with Crippen LogP contribution in [0.3, 0.4) is 0 Å². The highest BCUT2D eigenvalue weighted by atomic mass is 16.5. The number of carboxylic acids is 1. The van der Waals surface area contributed by atoms with Crippen molar-refractivity contribution in [1.29, 1.82) is 0 Å². The van der Waals surface area contributed by atoms with Gasteiger partial charge in [0.15, 0.2) is 0 Å². The van der Waals surface area contributed by atoms with Gasteiger partial charge >= 0.3 is 5.97 Å². The lowest BCUT2D eigenvalue weighted by Crippen LogP contribution is -2.46. The third-order valence-corrected chi connectivity index (χ3v) is 6.76. The smallest absolute Gasteiger partial charge is 0.320 e. The molecular weight excluding hydrogens is 340 g/mol. The number of carboxylic acid groups (broad SMARTS) is 1. The van der Waals surface area contributed by atoms with Crippen molar-refractivity contribution in [2.24, 2.45) is 5.92 Å². The van der Waals surface area contributed by atoms with Gasteiger partial charge in [-0.05, 0) is 76.2 Å². The molecule has 0 aromatic heterocycles. The topological polar surface area (TPSA) is 61.8 Å². The first-order valence-electron chi connectivity index (χ1n) is 10.3. The van der Waals surface area contributed by atoms with E-state index < -0.39 is 12.0 Å².